The molecule has 1 fully saturated rings. The molecule has 0 radical (unpaired) electrons. The first-order chi connectivity index (χ1) is 9.93. The number of phenols is 1. The molecule has 0 bridgehead atoms. The van der Waals surface area contributed by atoms with E-state index in [0.717, 1.165) is 4.90 Å². The molecule has 8 heteroatoms. The average molecular weight is 294 g/mol. The molecule has 1 aromatic carbocycles. The summed E-state index contributed by atoms with van der Waals surface area (Å²) >= 11 is 0. The van der Waals surface area contributed by atoms with Crippen LogP contribution < -0.4 is 5.32 Å². The van der Waals surface area contributed by atoms with Crippen molar-refractivity contribution in [2.24, 2.45) is 5.92 Å². The first-order valence-corrected chi connectivity index (χ1v) is 6.13. The van der Waals surface area contributed by atoms with Gasteiger partial charge in [-0.05, 0) is 12.1 Å². The van der Waals surface area contributed by atoms with E-state index in [4.69, 9.17) is 5.11 Å². The fourth-order valence-electron chi connectivity index (χ4n) is 1.95. The summed E-state index contributed by atoms with van der Waals surface area (Å²) in [5.41, 5.74) is 0.0211. The number of anilines is 1. The number of esters is 1. The van der Waals surface area contributed by atoms with Gasteiger partial charge in [-0.3, -0.25) is 4.79 Å². The van der Waals surface area contributed by atoms with Crippen molar-refractivity contribution in [3.05, 3.63) is 23.8 Å². The maximum absolute atomic E-state index is 11.9. The Morgan fingerprint density at radius 3 is 2.57 bits per heavy atom. The fraction of sp³-hybridized carbons (Fsp3) is 0.308. The molecule has 0 unspecified atom stereocenters. The average Bonchev–Trinajstić information content (AvgIpc) is 2.38. The maximum atomic E-state index is 11.9. The topological polar surface area (TPSA) is 116 Å². The number of nitrogens with zero attached hydrogens (tertiary/aromatic N) is 1. The summed E-state index contributed by atoms with van der Waals surface area (Å²) < 4.78 is 4.51. The molecule has 0 aliphatic carbocycles. The van der Waals surface area contributed by atoms with Gasteiger partial charge < -0.3 is 25.2 Å². The molecule has 3 N–H and O–H groups in total. The Morgan fingerprint density at radius 2 is 2.00 bits per heavy atom. The minimum Gasteiger partial charge on any atom is -0.505 e. The molecule has 0 atom stereocenters. The third-order valence-corrected chi connectivity index (χ3v) is 3.22. The van der Waals surface area contributed by atoms with Crippen LogP contribution in [0.25, 0.3) is 0 Å². The van der Waals surface area contributed by atoms with Crippen LogP contribution in [0.15, 0.2) is 18.2 Å². The molecule has 1 aliphatic rings. The Kier molecular flexibility index (Phi) is 3.97. The number of rotatable bonds is 3. The lowest BCUT2D eigenvalue weighted by Gasteiger charge is -2.35. The minimum atomic E-state index is -1.07. The first kappa shape index (κ1) is 14.6. The molecule has 0 saturated carbocycles. The van der Waals surface area contributed by atoms with Crippen LogP contribution in [0.3, 0.4) is 0 Å². The Balaban J connectivity index is 2.05. The third kappa shape index (κ3) is 2.88. The smallest absolute Gasteiger partial charge is 0.407 e. The highest BCUT2D eigenvalue weighted by Crippen LogP contribution is 2.29. The van der Waals surface area contributed by atoms with Crippen LogP contribution in [-0.2, 0) is 9.53 Å². The molecule has 2 rings (SSSR count). The quantitative estimate of drug-likeness (QED) is 0.559. The second-order valence-electron chi connectivity index (χ2n) is 4.57. The van der Waals surface area contributed by atoms with Gasteiger partial charge in [0, 0.05) is 13.1 Å². The lowest BCUT2D eigenvalue weighted by Crippen LogP contribution is -2.53. The van der Waals surface area contributed by atoms with Crippen molar-refractivity contribution in [2.45, 2.75) is 0 Å². The van der Waals surface area contributed by atoms with Gasteiger partial charge in [0.1, 0.15) is 5.56 Å². The van der Waals surface area contributed by atoms with Crippen LogP contribution in [0.1, 0.15) is 10.4 Å². The van der Waals surface area contributed by atoms with Crippen molar-refractivity contribution in [1.29, 1.82) is 0 Å². The molecule has 2 amide bonds. The van der Waals surface area contributed by atoms with Crippen LogP contribution in [0.5, 0.6) is 5.75 Å². The molecule has 0 spiro atoms. The summed E-state index contributed by atoms with van der Waals surface area (Å²) in [7, 11) is 1.18. The maximum Gasteiger partial charge on any atom is 0.407 e. The number of nitrogens with one attached hydrogen (secondary N) is 1. The lowest BCUT2D eigenvalue weighted by atomic mass is 9.99. The molecule has 112 valence electrons. The number of carbonyl (C=O) groups is 3. The SMILES string of the molecule is COC(=O)c1cccc(NC(=O)C2CN(C(=O)O)C2)c1O. The second kappa shape index (κ2) is 5.70. The molecule has 21 heavy (non-hydrogen) atoms. The molecule has 1 aromatic rings. The number of likely N-dealkylation sites (tertiary alicyclic amines) is 1. The van der Waals surface area contributed by atoms with Crippen molar-refractivity contribution in [3.8, 4) is 5.75 Å². The number of benzene rings is 1. The van der Waals surface area contributed by atoms with E-state index in [1.54, 1.807) is 0 Å². The van der Waals surface area contributed by atoms with Gasteiger partial charge in [-0.15, -0.1) is 0 Å². The van der Waals surface area contributed by atoms with Crippen LogP contribution in [0.4, 0.5) is 10.5 Å². The summed E-state index contributed by atoms with van der Waals surface area (Å²) in [6.07, 6.45) is -1.07. The summed E-state index contributed by atoms with van der Waals surface area (Å²) in [6.45, 7) is 0.219. The third-order valence-electron chi connectivity index (χ3n) is 3.22. The lowest BCUT2D eigenvalue weighted by molar-refractivity contribution is -0.123. The van der Waals surface area contributed by atoms with Crippen molar-refractivity contribution in [1.82, 2.24) is 4.90 Å². The largest absolute Gasteiger partial charge is 0.505 e. The summed E-state index contributed by atoms with van der Waals surface area (Å²) in [5, 5.41) is 21.1. The van der Waals surface area contributed by atoms with E-state index in [2.05, 4.69) is 10.1 Å². The standard InChI is InChI=1S/C13H14N2O6/c1-21-12(18)8-3-2-4-9(10(8)16)14-11(17)7-5-15(6-7)13(19)20/h2-4,7,16H,5-6H2,1H3,(H,14,17)(H,19,20). The van der Waals surface area contributed by atoms with Crippen molar-refractivity contribution in [3.63, 3.8) is 0 Å². The van der Waals surface area contributed by atoms with E-state index >= 15 is 0 Å². The summed E-state index contributed by atoms with van der Waals surface area (Å²) in [6, 6.07) is 4.30. The number of hydrogen-bond donors (Lipinski definition) is 3. The van der Waals surface area contributed by atoms with Gasteiger partial charge in [0.05, 0.1) is 18.7 Å². The number of aromatic hydroxyl groups is 1. The number of carbonyl (C=O) groups excluding carboxylic acids is 2. The fourth-order valence-corrected chi connectivity index (χ4v) is 1.95. The minimum absolute atomic E-state index is 0.0592. The van der Waals surface area contributed by atoms with Gasteiger partial charge in [0.25, 0.3) is 0 Å². The van der Waals surface area contributed by atoms with Crippen LogP contribution >= 0.6 is 0 Å². The van der Waals surface area contributed by atoms with Crippen molar-refractivity contribution >= 4 is 23.7 Å². The monoisotopic (exact) mass is 294 g/mol. The number of hydrogen-bond acceptors (Lipinski definition) is 5. The van der Waals surface area contributed by atoms with Crippen molar-refractivity contribution in [2.75, 3.05) is 25.5 Å². The molecule has 1 saturated heterocycles. The second-order valence-corrected chi connectivity index (χ2v) is 4.57. The van der Waals surface area contributed by atoms with E-state index < -0.39 is 23.9 Å². The van der Waals surface area contributed by atoms with Gasteiger partial charge in [-0.25, -0.2) is 9.59 Å². The zero-order valence-electron chi connectivity index (χ0n) is 11.2. The zero-order valence-corrected chi connectivity index (χ0v) is 11.2. The zero-order chi connectivity index (χ0) is 15.6. The van der Waals surface area contributed by atoms with Crippen LogP contribution in [0.2, 0.25) is 0 Å². The predicted octanol–water partition coefficient (Wildman–Crippen LogP) is 0.727. The molecule has 0 aromatic heterocycles. The molecule has 1 heterocycles. The highest BCUT2D eigenvalue weighted by atomic mass is 16.5. The van der Waals surface area contributed by atoms with E-state index in [9.17, 15) is 19.5 Å². The summed E-state index contributed by atoms with van der Waals surface area (Å²) in [5.74, 6) is -1.98. The highest BCUT2D eigenvalue weighted by molar-refractivity contribution is 5.99. The first-order valence-electron chi connectivity index (χ1n) is 6.13. The van der Waals surface area contributed by atoms with Gasteiger partial charge in [-0.2, -0.15) is 0 Å². The van der Waals surface area contributed by atoms with Crippen molar-refractivity contribution < 1.29 is 29.3 Å². The number of methoxy groups -OCH3 is 1. The predicted molar refractivity (Wildman–Crippen MR) is 71.2 cm³/mol. The summed E-state index contributed by atoms with van der Waals surface area (Å²) in [4.78, 5) is 35.1. The van der Waals surface area contributed by atoms with Gasteiger partial charge >= 0.3 is 12.1 Å². The number of ether oxygens (including phenoxy) is 1. The van der Waals surface area contributed by atoms with E-state index in [-0.39, 0.29) is 30.1 Å². The molecular formula is C13H14N2O6. The Bertz CT molecular complexity index is 594. The number of phenolic OH excluding ortho intramolecular Hbond substituents is 1. The Hall–Kier alpha value is -2.77. The van der Waals surface area contributed by atoms with Gasteiger partial charge in [-0.1, -0.05) is 6.07 Å². The molecule has 8 nitrogen and oxygen atoms in total. The van der Waals surface area contributed by atoms with Crippen LogP contribution in [0, 0.1) is 5.92 Å². The number of para-hydroxylation sites is 1. The van der Waals surface area contributed by atoms with E-state index in [1.807, 2.05) is 0 Å². The highest BCUT2D eigenvalue weighted by Gasteiger charge is 2.36. The number of amides is 2. The van der Waals surface area contributed by atoms with Crippen LogP contribution in [-0.4, -0.2) is 53.3 Å². The Morgan fingerprint density at radius 1 is 1.33 bits per heavy atom. The van der Waals surface area contributed by atoms with Gasteiger partial charge in [0.15, 0.2) is 5.75 Å². The number of carboxylic acid groups (broad SMARTS) is 1. The Labute approximate surface area is 119 Å². The normalized spacial score (nSPS) is 14.2. The van der Waals surface area contributed by atoms with E-state index in [0.29, 0.717) is 0 Å². The molecule has 1 aliphatic heterocycles. The molecular weight excluding hydrogens is 280 g/mol. The van der Waals surface area contributed by atoms with E-state index in [1.165, 1.54) is 25.3 Å². The van der Waals surface area contributed by atoms with Gasteiger partial charge in [0.2, 0.25) is 5.91 Å².